The number of aromatic nitrogens is 1. The van der Waals surface area contributed by atoms with Crippen LogP contribution in [0.2, 0.25) is 0 Å². The summed E-state index contributed by atoms with van der Waals surface area (Å²) in [5.74, 6) is -1.87. The standard InChI is InChI=1S/C24H20FN3O3/c25-19-12-17-21(13-22(19)27-10-8-26-9-11-27)28(14-18(23(17)29)24(30)31)20-7-3-5-15-4-1-2-6-16(15)20/h1-7,12-14,26H,8-11H2,(H,30,31). The molecule has 0 unspecified atom stereocenters. The summed E-state index contributed by atoms with van der Waals surface area (Å²) in [6, 6.07) is 16.3. The van der Waals surface area contributed by atoms with Crippen LogP contribution in [0.5, 0.6) is 0 Å². The largest absolute Gasteiger partial charge is 0.477 e. The molecule has 0 amide bonds. The summed E-state index contributed by atoms with van der Waals surface area (Å²) in [5, 5.41) is 14.8. The molecule has 1 fully saturated rings. The summed E-state index contributed by atoms with van der Waals surface area (Å²) in [6.07, 6.45) is 1.34. The molecule has 2 N–H and O–H groups in total. The monoisotopic (exact) mass is 417 g/mol. The molecule has 0 bridgehead atoms. The Morgan fingerprint density at radius 2 is 1.71 bits per heavy atom. The fraction of sp³-hybridized carbons (Fsp3) is 0.167. The first-order chi connectivity index (χ1) is 15.0. The van der Waals surface area contributed by atoms with Gasteiger partial charge in [-0.2, -0.15) is 0 Å². The molecule has 5 rings (SSSR count). The number of hydrogen-bond donors (Lipinski definition) is 2. The van der Waals surface area contributed by atoms with Crippen molar-refractivity contribution in [3.05, 3.63) is 82.4 Å². The molecule has 0 spiro atoms. The lowest BCUT2D eigenvalue weighted by atomic mass is 10.1. The average Bonchev–Trinajstić information content (AvgIpc) is 2.79. The molecular formula is C24H20FN3O3. The van der Waals surface area contributed by atoms with Crippen LogP contribution in [0.25, 0.3) is 27.4 Å². The minimum Gasteiger partial charge on any atom is -0.477 e. The normalized spacial score (nSPS) is 14.3. The number of nitrogens with zero attached hydrogens (tertiary/aromatic N) is 2. The van der Waals surface area contributed by atoms with E-state index in [1.165, 1.54) is 12.3 Å². The molecule has 7 heteroatoms. The smallest absolute Gasteiger partial charge is 0.341 e. The molecule has 1 aromatic heterocycles. The van der Waals surface area contributed by atoms with E-state index in [1.54, 1.807) is 10.6 Å². The van der Waals surface area contributed by atoms with Crippen molar-refractivity contribution in [1.29, 1.82) is 0 Å². The average molecular weight is 417 g/mol. The summed E-state index contributed by atoms with van der Waals surface area (Å²) >= 11 is 0. The van der Waals surface area contributed by atoms with Crippen molar-refractivity contribution in [2.45, 2.75) is 0 Å². The molecule has 0 aliphatic carbocycles. The number of carboxylic acid groups (broad SMARTS) is 1. The summed E-state index contributed by atoms with van der Waals surface area (Å²) < 4.78 is 16.7. The Morgan fingerprint density at radius 1 is 0.968 bits per heavy atom. The van der Waals surface area contributed by atoms with Crippen molar-refractivity contribution >= 4 is 33.3 Å². The van der Waals surface area contributed by atoms with Gasteiger partial charge in [0.1, 0.15) is 11.4 Å². The molecule has 0 saturated carbocycles. The number of fused-ring (bicyclic) bond motifs is 2. The van der Waals surface area contributed by atoms with Crippen LogP contribution in [0.1, 0.15) is 10.4 Å². The van der Waals surface area contributed by atoms with E-state index >= 15 is 4.39 Å². The number of rotatable bonds is 3. The zero-order valence-electron chi connectivity index (χ0n) is 16.6. The minimum absolute atomic E-state index is 0.0456. The van der Waals surface area contributed by atoms with Crippen LogP contribution in [-0.2, 0) is 0 Å². The van der Waals surface area contributed by atoms with Gasteiger partial charge in [-0.25, -0.2) is 9.18 Å². The Morgan fingerprint density at radius 3 is 2.48 bits per heavy atom. The lowest BCUT2D eigenvalue weighted by Crippen LogP contribution is -2.43. The van der Waals surface area contributed by atoms with E-state index in [1.807, 2.05) is 47.4 Å². The molecule has 0 radical (unpaired) electrons. The number of piperazine rings is 1. The van der Waals surface area contributed by atoms with Crippen molar-refractivity contribution in [3.63, 3.8) is 0 Å². The number of carboxylic acids is 1. The molecule has 3 aromatic carbocycles. The van der Waals surface area contributed by atoms with Crippen LogP contribution in [0.4, 0.5) is 10.1 Å². The van der Waals surface area contributed by atoms with Gasteiger partial charge in [0, 0.05) is 43.1 Å². The molecule has 1 aliphatic heterocycles. The second kappa shape index (κ2) is 7.52. The fourth-order valence-electron chi connectivity index (χ4n) is 4.25. The highest BCUT2D eigenvalue weighted by atomic mass is 19.1. The predicted molar refractivity (Wildman–Crippen MR) is 119 cm³/mol. The van der Waals surface area contributed by atoms with Gasteiger partial charge < -0.3 is 19.9 Å². The van der Waals surface area contributed by atoms with E-state index in [4.69, 9.17) is 0 Å². The van der Waals surface area contributed by atoms with Crippen molar-refractivity contribution in [3.8, 4) is 5.69 Å². The van der Waals surface area contributed by atoms with Gasteiger partial charge in [-0.1, -0.05) is 36.4 Å². The van der Waals surface area contributed by atoms with Crippen LogP contribution in [0.3, 0.4) is 0 Å². The first kappa shape index (κ1) is 19.3. The van der Waals surface area contributed by atoms with Gasteiger partial charge in [-0.15, -0.1) is 0 Å². The van der Waals surface area contributed by atoms with E-state index in [2.05, 4.69) is 5.32 Å². The van der Waals surface area contributed by atoms with Crippen LogP contribution in [0.15, 0.2) is 65.6 Å². The van der Waals surface area contributed by atoms with E-state index in [0.29, 0.717) is 24.3 Å². The van der Waals surface area contributed by atoms with Gasteiger partial charge in [0.2, 0.25) is 5.43 Å². The second-order valence-corrected chi connectivity index (χ2v) is 7.60. The molecule has 31 heavy (non-hydrogen) atoms. The van der Waals surface area contributed by atoms with Crippen molar-refractivity contribution < 1.29 is 14.3 Å². The lowest BCUT2D eigenvalue weighted by molar-refractivity contribution is 0.0695. The van der Waals surface area contributed by atoms with Crippen LogP contribution < -0.4 is 15.6 Å². The Balaban J connectivity index is 1.86. The number of hydrogen-bond acceptors (Lipinski definition) is 4. The lowest BCUT2D eigenvalue weighted by Gasteiger charge is -2.30. The Hall–Kier alpha value is -3.71. The number of halogens is 1. The number of nitrogens with one attached hydrogen (secondary N) is 1. The number of pyridine rings is 1. The van der Waals surface area contributed by atoms with Gasteiger partial charge in [0.05, 0.1) is 16.9 Å². The highest BCUT2D eigenvalue weighted by Crippen LogP contribution is 2.30. The van der Waals surface area contributed by atoms with Crippen LogP contribution >= 0.6 is 0 Å². The van der Waals surface area contributed by atoms with Crippen LogP contribution in [-0.4, -0.2) is 41.8 Å². The number of anilines is 1. The molecule has 2 heterocycles. The maximum atomic E-state index is 15.0. The highest BCUT2D eigenvalue weighted by molar-refractivity contribution is 5.97. The van der Waals surface area contributed by atoms with Crippen molar-refractivity contribution in [2.75, 3.05) is 31.1 Å². The van der Waals surface area contributed by atoms with Gasteiger partial charge in [-0.05, 0) is 23.6 Å². The van der Waals surface area contributed by atoms with E-state index < -0.39 is 22.8 Å². The van der Waals surface area contributed by atoms with Crippen LogP contribution in [0, 0.1) is 5.82 Å². The first-order valence-electron chi connectivity index (χ1n) is 10.1. The van der Waals surface area contributed by atoms with Crippen molar-refractivity contribution in [1.82, 2.24) is 9.88 Å². The van der Waals surface area contributed by atoms with Gasteiger partial charge in [0.25, 0.3) is 0 Å². The molecule has 4 aromatic rings. The van der Waals surface area contributed by atoms with Crippen molar-refractivity contribution in [2.24, 2.45) is 0 Å². The molecule has 1 saturated heterocycles. The summed E-state index contributed by atoms with van der Waals surface area (Å²) in [6.45, 7) is 2.78. The summed E-state index contributed by atoms with van der Waals surface area (Å²) in [7, 11) is 0. The third-order valence-electron chi connectivity index (χ3n) is 5.79. The quantitative estimate of drug-likeness (QED) is 0.535. The third-order valence-corrected chi connectivity index (χ3v) is 5.79. The molecule has 156 valence electrons. The Kier molecular flexibility index (Phi) is 4.67. The van der Waals surface area contributed by atoms with Gasteiger partial charge in [0.15, 0.2) is 0 Å². The highest BCUT2D eigenvalue weighted by Gasteiger charge is 2.21. The maximum absolute atomic E-state index is 15.0. The zero-order chi connectivity index (χ0) is 21.5. The summed E-state index contributed by atoms with van der Waals surface area (Å²) in [4.78, 5) is 26.6. The van der Waals surface area contributed by atoms with E-state index in [9.17, 15) is 14.7 Å². The van der Waals surface area contributed by atoms with Gasteiger partial charge >= 0.3 is 5.97 Å². The number of carbonyl (C=O) groups is 1. The molecule has 1 aliphatic rings. The Labute approximate surface area is 177 Å². The minimum atomic E-state index is -1.34. The third kappa shape index (κ3) is 3.23. The molecular weight excluding hydrogens is 397 g/mol. The first-order valence-corrected chi connectivity index (χ1v) is 10.1. The summed E-state index contributed by atoms with van der Waals surface area (Å²) in [5.41, 5.74) is 0.523. The van der Waals surface area contributed by atoms with Gasteiger partial charge in [-0.3, -0.25) is 4.79 Å². The molecule has 0 atom stereocenters. The van der Waals surface area contributed by atoms with E-state index in [-0.39, 0.29) is 5.39 Å². The topological polar surface area (TPSA) is 74.6 Å². The Bertz CT molecular complexity index is 1390. The zero-order valence-corrected chi connectivity index (χ0v) is 16.6. The second-order valence-electron chi connectivity index (χ2n) is 7.60. The fourth-order valence-corrected chi connectivity index (χ4v) is 4.25. The molecule has 6 nitrogen and oxygen atoms in total. The maximum Gasteiger partial charge on any atom is 0.341 e. The van der Waals surface area contributed by atoms with E-state index in [0.717, 1.165) is 29.5 Å². The number of benzene rings is 3. The SMILES string of the molecule is O=C(O)c1cn(-c2cccc3ccccc23)c2cc(N3CCNCC3)c(F)cc2c1=O. The number of aromatic carboxylic acids is 1. The predicted octanol–water partition coefficient (Wildman–Crippen LogP) is 3.39.